The van der Waals surface area contributed by atoms with Crippen LogP contribution in [0.4, 0.5) is 11.6 Å². The highest BCUT2D eigenvalue weighted by atomic mass is 16.2. The molecule has 1 amide bonds. The first-order valence-electron chi connectivity index (χ1n) is 6.96. The summed E-state index contributed by atoms with van der Waals surface area (Å²) in [6.45, 7) is 10.6. The predicted octanol–water partition coefficient (Wildman–Crippen LogP) is 2.01. The molecule has 20 heavy (non-hydrogen) atoms. The number of carbonyl (C=O) groups is 1. The van der Waals surface area contributed by atoms with E-state index in [9.17, 15) is 4.79 Å². The molecule has 1 heterocycles. The Bertz CT molecular complexity index is 441. The Morgan fingerprint density at radius 1 is 1.30 bits per heavy atom. The highest BCUT2D eigenvalue weighted by Crippen LogP contribution is 2.10. The zero-order chi connectivity index (χ0) is 15.2. The third-order valence-corrected chi connectivity index (χ3v) is 2.48. The second kappa shape index (κ2) is 7.07. The van der Waals surface area contributed by atoms with Gasteiger partial charge in [0.25, 0.3) is 0 Å². The molecule has 0 aliphatic carbocycles. The zero-order valence-electron chi connectivity index (χ0n) is 12.9. The molecule has 1 unspecified atom stereocenters. The minimum absolute atomic E-state index is 0.0563. The molecule has 1 aromatic heterocycles. The molecule has 0 radical (unpaired) electrons. The van der Waals surface area contributed by atoms with Gasteiger partial charge in [0.05, 0.1) is 0 Å². The van der Waals surface area contributed by atoms with Crippen LogP contribution in [0.3, 0.4) is 0 Å². The average molecular weight is 279 g/mol. The van der Waals surface area contributed by atoms with Gasteiger partial charge in [-0.3, -0.25) is 4.79 Å². The van der Waals surface area contributed by atoms with Crippen molar-refractivity contribution in [1.29, 1.82) is 0 Å². The Labute approximate surface area is 120 Å². The van der Waals surface area contributed by atoms with E-state index in [0.717, 1.165) is 18.8 Å². The van der Waals surface area contributed by atoms with Crippen molar-refractivity contribution < 1.29 is 4.79 Å². The van der Waals surface area contributed by atoms with Gasteiger partial charge in [-0.1, -0.05) is 6.92 Å². The first-order valence-corrected chi connectivity index (χ1v) is 6.96. The van der Waals surface area contributed by atoms with Gasteiger partial charge in [-0.05, 0) is 34.1 Å². The van der Waals surface area contributed by atoms with Crippen LogP contribution in [0.25, 0.3) is 0 Å². The molecule has 6 heteroatoms. The van der Waals surface area contributed by atoms with Crippen LogP contribution in [-0.4, -0.2) is 34.0 Å². The minimum atomic E-state index is -0.358. The number of aromatic nitrogens is 2. The van der Waals surface area contributed by atoms with Gasteiger partial charge in [0.2, 0.25) is 5.91 Å². The lowest BCUT2D eigenvalue weighted by Crippen LogP contribution is -2.47. The van der Waals surface area contributed by atoms with Gasteiger partial charge < -0.3 is 16.0 Å². The summed E-state index contributed by atoms with van der Waals surface area (Å²) < 4.78 is 0. The van der Waals surface area contributed by atoms with Crippen LogP contribution in [0.15, 0.2) is 12.4 Å². The summed E-state index contributed by atoms with van der Waals surface area (Å²) in [7, 11) is 0. The van der Waals surface area contributed by atoms with E-state index in [1.807, 2.05) is 27.7 Å². The molecule has 0 aliphatic heterocycles. The van der Waals surface area contributed by atoms with Gasteiger partial charge in [0.15, 0.2) is 0 Å². The summed E-state index contributed by atoms with van der Waals surface area (Å²) in [5, 5.41) is 9.19. The van der Waals surface area contributed by atoms with Crippen LogP contribution in [0.1, 0.15) is 41.0 Å². The van der Waals surface area contributed by atoms with Gasteiger partial charge >= 0.3 is 0 Å². The Morgan fingerprint density at radius 3 is 2.55 bits per heavy atom. The summed E-state index contributed by atoms with van der Waals surface area (Å²) in [6, 6.07) is 1.44. The largest absolute Gasteiger partial charge is 0.370 e. The third kappa shape index (κ3) is 5.86. The summed E-state index contributed by atoms with van der Waals surface area (Å²) in [5.41, 5.74) is -0.244. The van der Waals surface area contributed by atoms with E-state index in [0.29, 0.717) is 5.82 Å². The molecule has 1 rings (SSSR count). The Kier molecular flexibility index (Phi) is 5.73. The molecule has 1 atom stereocenters. The van der Waals surface area contributed by atoms with Crippen LogP contribution in [0.5, 0.6) is 0 Å². The number of nitrogens with zero attached hydrogens (tertiary/aromatic N) is 2. The monoisotopic (exact) mass is 279 g/mol. The smallest absolute Gasteiger partial charge is 0.242 e. The number of anilines is 2. The van der Waals surface area contributed by atoms with Gasteiger partial charge in [0, 0.05) is 18.2 Å². The quantitative estimate of drug-likeness (QED) is 0.742. The molecule has 0 bridgehead atoms. The number of hydrogen-bond acceptors (Lipinski definition) is 5. The average Bonchev–Trinajstić information content (AvgIpc) is 2.34. The molecule has 112 valence electrons. The summed E-state index contributed by atoms with van der Waals surface area (Å²) in [4.78, 5) is 20.2. The van der Waals surface area contributed by atoms with Crippen LogP contribution in [0, 0.1) is 0 Å². The molecule has 0 saturated heterocycles. The van der Waals surface area contributed by atoms with Gasteiger partial charge in [-0.25, -0.2) is 9.97 Å². The SMILES string of the molecule is CCCNc1cc(NC(C)C(=O)NC(C)(C)C)ncn1. The molecule has 1 aromatic rings. The third-order valence-electron chi connectivity index (χ3n) is 2.48. The molecular weight excluding hydrogens is 254 g/mol. The number of hydrogen-bond donors (Lipinski definition) is 3. The molecule has 0 aromatic carbocycles. The fourth-order valence-electron chi connectivity index (χ4n) is 1.55. The molecular formula is C14H25N5O. The Morgan fingerprint density at radius 2 is 1.95 bits per heavy atom. The molecule has 0 saturated carbocycles. The lowest BCUT2D eigenvalue weighted by Gasteiger charge is -2.23. The Balaban J connectivity index is 2.61. The maximum absolute atomic E-state index is 12.0. The summed E-state index contributed by atoms with van der Waals surface area (Å²) >= 11 is 0. The maximum Gasteiger partial charge on any atom is 0.242 e. The van der Waals surface area contributed by atoms with E-state index in [-0.39, 0.29) is 17.5 Å². The van der Waals surface area contributed by atoms with Crippen molar-refractivity contribution in [3.8, 4) is 0 Å². The first-order chi connectivity index (χ1) is 9.31. The maximum atomic E-state index is 12.0. The van der Waals surface area contributed by atoms with Crippen molar-refractivity contribution >= 4 is 17.5 Å². The second-order valence-corrected chi connectivity index (χ2v) is 5.82. The standard InChI is InChI=1S/C14H25N5O/c1-6-7-15-11-8-12(17-9-16-11)18-10(2)13(20)19-14(3,4)5/h8-10H,6-7H2,1-5H3,(H,19,20)(H2,15,16,17,18). The number of nitrogens with one attached hydrogen (secondary N) is 3. The van der Waals surface area contributed by atoms with Crippen LogP contribution in [0.2, 0.25) is 0 Å². The van der Waals surface area contributed by atoms with E-state index in [1.54, 1.807) is 6.07 Å². The molecule has 0 fully saturated rings. The highest BCUT2D eigenvalue weighted by Gasteiger charge is 2.19. The summed E-state index contributed by atoms with van der Waals surface area (Å²) in [5.74, 6) is 1.34. The second-order valence-electron chi connectivity index (χ2n) is 5.82. The highest BCUT2D eigenvalue weighted by molar-refractivity contribution is 5.84. The van der Waals surface area contributed by atoms with Crippen molar-refractivity contribution in [2.45, 2.75) is 52.6 Å². The van der Waals surface area contributed by atoms with Crippen molar-refractivity contribution in [3.63, 3.8) is 0 Å². The first kappa shape index (κ1) is 16.2. The van der Waals surface area contributed by atoms with Gasteiger partial charge in [-0.15, -0.1) is 0 Å². The van der Waals surface area contributed by atoms with E-state index < -0.39 is 0 Å². The molecule has 0 spiro atoms. The van der Waals surface area contributed by atoms with E-state index >= 15 is 0 Å². The lowest BCUT2D eigenvalue weighted by molar-refractivity contribution is -0.122. The molecule has 0 aliphatic rings. The van der Waals surface area contributed by atoms with E-state index in [2.05, 4.69) is 32.8 Å². The minimum Gasteiger partial charge on any atom is -0.370 e. The fourth-order valence-corrected chi connectivity index (χ4v) is 1.55. The van der Waals surface area contributed by atoms with E-state index in [1.165, 1.54) is 6.33 Å². The number of carbonyl (C=O) groups excluding carboxylic acids is 1. The van der Waals surface area contributed by atoms with Gasteiger partial charge in [-0.2, -0.15) is 0 Å². The van der Waals surface area contributed by atoms with Crippen molar-refractivity contribution in [1.82, 2.24) is 15.3 Å². The topological polar surface area (TPSA) is 78.9 Å². The van der Waals surface area contributed by atoms with Crippen molar-refractivity contribution in [2.24, 2.45) is 0 Å². The fraction of sp³-hybridized carbons (Fsp3) is 0.643. The normalized spacial score (nSPS) is 12.7. The van der Waals surface area contributed by atoms with Crippen molar-refractivity contribution in [3.05, 3.63) is 12.4 Å². The van der Waals surface area contributed by atoms with Crippen LogP contribution >= 0.6 is 0 Å². The lowest BCUT2D eigenvalue weighted by atomic mass is 10.1. The number of amides is 1. The zero-order valence-corrected chi connectivity index (χ0v) is 12.9. The number of rotatable bonds is 6. The van der Waals surface area contributed by atoms with Crippen LogP contribution < -0.4 is 16.0 Å². The molecule has 3 N–H and O–H groups in total. The van der Waals surface area contributed by atoms with Crippen LogP contribution in [-0.2, 0) is 4.79 Å². The van der Waals surface area contributed by atoms with E-state index in [4.69, 9.17) is 0 Å². The summed E-state index contributed by atoms with van der Waals surface area (Å²) in [6.07, 6.45) is 2.51. The Hall–Kier alpha value is -1.85. The molecule has 6 nitrogen and oxygen atoms in total. The predicted molar refractivity (Wildman–Crippen MR) is 81.8 cm³/mol. The van der Waals surface area contributed by atoms with Gasteiger partial charge in [0.1, 0.15) is 24.0 Å². The van der Waals surface area contributed by atoms with Crippen molar-refractivity contribution in [2.75, 3.05) is 17.2 Å².